The van der Waals surface area contributed by atoms with Gasteiger partial charge in [0.25, 0.3) is 10.2 Å². The Kier molecular flexibility index (Phi) is 11.3. The Labute approximate surface area is 282 Å². The maximum absolute atomic E-state index is 12.8. The van der Waals surface area contributed by atoms with E-state index in [9.17, 15) is 34.9 Å². The van der Waals surface area contributed by atoms with E-state index in [0.717, 1.165) is 25.2 Å². The van der Waals surface area contributed by atoms with Gasteiger partial charge in [-0.05, 0) is 98.2 Å². The second kappa shape index (κ2) is 15.9. The number of nitrogens with zero attached hydrogens (tertiary/aromatic N) is 3. The summed E-state index contributed by atoms with van der Waals surface area (Å²) in [5.74, 6) is -1.46. The van der Waals surface area contributed by atoms with Gasteiger partial charge in [0.1, 0.15) is 29.6 Å². The molecule has 1 aliphatic heterocycles. The van der Waals surface area contributed by atoms with Crippen molar-refractivity contribution >= 4 is 33.4 Å². The Hall–Kier alpha value is -5.68. The number of carbonyl (C=O) groups excluding carboxylic acids is 1. The molecule has 17 heteroatoms. The minimum atomic E-state index is -2.67. The Morgan fingerprint density at radius 2 is 1.47 bits per heavy atom. The third kappa shape index (κ3) is 9.02. The molecular weight excluding hydrogens is 666 g/mol. The lowest BCUT2D eigenvalue weighted by Gasteiger charge is -2.26. The van der Waals surface area contributed by atoms with Gasteiger partial charge in [-0.3, -0.25) is 14.6 Å². The van der Waals surface area contributed by atoms with E-state index >= 15 is 0 Å². The maximum atomic E-state index is 12.8. The van der Waals surface area contributed by atoms with Gasteiger partial charge in [0.05, 0.1) is 12.0 Å². The van der Waals surface area contributed by atoms with E-state index in [0.29, 0.717) is 44.6 Å². The van der Waals surface area contributed by atoms with Crippen molar-refractivity contribution in [3.05, 3.63) is 87.0 Å². The summed E-state index contributed by atoms with van der Waals surface area (Å²) in [5.41, 5.74) is 0.786. The number of esters is 1. The summed E-state index contributed by atoms with van der Waals surface area (Å²) < 4.78 is 23.4. The molecule has 3 aromatic carbocycles. The molecule has 0 amide bonds. The van der Waals surface area contributed by atoms with Crippen LogP contribution in [0.15, 0.2) is 66.7 Å². The van der Waals surface area contributed by atoms with Gasteiger partial charge in [-0.1, -0.05) is 6.42 Å². The molecule has 0 saturated carbocycles. The predicted octanol–water partition coefficient (Wildman–Crippen LogP) is 5.38. The monoisotopic (exact) mass is 697 g/mol. The van der Waals surface area contributed by atoms with Crippen LogP contribution in [0.5, 0.6) is 28.7 Å². The Balaban J connectivity index is 1.39. The summed E-state index contributed by atoms with van der Waals surface area (Å²) in [6.07, 6.45) is -1.59. The van der Waals surface area contributed by atoms with Crippen molar-refractivity contribution < 1.29 is 53.5 Å². The van der Waals surface area contributed by atoms with E-state index in [4.69, 9.17) is 18.9 Å². The zero-order valence-corrected chi connectivity index (χ0v) is 26.9. The number of likely N-dealkylation sites (tertiary alicyclic amines) is 1. The van der Waals surface area contributed by atoms with Gasteiger partial charge in [-0.15, -0.1) is 31.6 Å². The van der Waals surface area contributed by atoms with Crippen LogP contribution in [0.3, 0.4) is 0 Å². The first kappa shape index (κ1) is 34.6. The molecule has 1 saturated heterocycles. The molecule has 16 nitrogen and oxygen atoms in total. The van der Waals surface area contributed by atoms with Gasteiger partial charge in [-0.25, -0.2) is 9.59 Å². The molecule has 2 heterocycles. The van der Waals surface area contributed by atoms with Crippen molar-refractivity contribution in [2.45, 2.75) is 31.5 Å². The van der Waals surface area contributed by atoms with Crippen LogP contribution in [0.2, 0.25) is 0 Å². The SMILES string of the molecule is COc1ccc(-c2sc3cc(OC(=O)C(O[N+](=O)[O-])C(O[N+](=O)[O-])C(=O)O)ccc3c2Oc2ccc(OCCN3CCCCC3)cc2)cc1. The van der Waals surface area contributed by atoms with Crippen LogP contribution >= 0.6 is 11.3 Å². The smallest absolute Gasteiger partial charge is 0.343 e. The zero-order valence-electron chi connectivity index (χ0n) is 26.1. The summed E-state index contributed by atoms with van der Waals surface area (Å²) in [5, 5.41) is 28.7. The lowest BCUT2D eigenvalue weighted by molar-refractivity contribution is -0.792. The fraction of sp³-hybridized carbons (Fsp3) is 0.312. The molecule has 2 atom stereocenters. The summed E-state index contributed by atoms with van der Waals surface area (Å²) in [7, 11) is 1.55. The fourth-order valence-electron chi connectivity index (χ4n) is 5.16. The van der Waals surface area contributed by atoms with Crippen molar-refractivity contribution in [2.75, 3.05) is 33.4 Å². The van der Waals surface area contributed by atoms with Crippen LogP contribution < -0.4 is 18.9 Å². The van der Waals surface area contributed by atoms with E-state index in [1.54, 1.807) is 37.4 Å². The van der Waals surface area contributed by atoms with Crippen LogP contribution in [0.25, 0.3) is 20.5 Å². The zero-order chi connectivity index (χ0) is 34.9. The number of thiophene rings is 1. The molecule has 1 fully saturated rings. The number of carboxylic acid groups (broad SMARTS) is 1. The number of piperidine rings is 1. The molecule has 49 heavy (non-hydrogen) atoms. The molecule has 5 rings (SSSR count). The van der Waals surface area contributed by atoms with Crippen LogP contribution in [-0.2, 0) is 19.3 Å². The average molecular weight is 698 g/mol. The number of carboxylic acids is 1. The van der Waals surface area contributed by atoms with Crippen molar-refractivity contribution in [3.8, 4) is 39.2 Å². The number of ether oxygens (including phenoxy) is 4. The first-order valence-corrected chi connectivity index (χ1v) is 15.8. The summed E-state index contributed by atoms with van der Waals surface area (Å²) in [4.78, 5) is 57.3. The molecule has 0 radical (unpaired) electrons. The number of aliphatic carboxylic acids is 1. The summed E-state index contributed by atoms with van der Waals surface area (Å²) in [6.45, 7) is 3.61. The number of rotatable bonds is 16. The van der Waals surface area contributed by atoms with Gasteiger partial charge in [0.2, 0.25) is 12.2 Å². The normalized spacial score (nSPS) is 14.3. The van der Waals surface area contributed by atoms with Gasteiger partial charge in [0, 0.05) is 16.6 Å². The largest absolute Gasteiger partial charge is 0.497 e. The molecule has 0 aliphatic carbocycles. The minimum Gasteiger partial charge on any atom is -0.497 e. The molecular formula is C32H31N3O13S. The van der Waals surface area contributed by atoms with Crippen molar-refractivity contribution in [2.24, 2.45) is 0 Å². The quantitative estimate of drug-likeness (QED) is 0.0677. The number of hydrogen-bond acceptors (Lipinski definition) is 14. The second-order valence-electron chi connectivity index (χ2n) is 10.7. The molecule has 1 N–H and O–H groups in total. The maximum Gasteiger partial charge on any atom is 0.343 e. The first-order valence-electron chi connectivity index (χ1n) is 15.0. The van der Waals surface area contributed by atoms with Crippen molar-refractivity contribution in [1.29, 1.82) is 0 Å². The number of carbonyl (C=O) groups is 2. The van der Waals surface area contributed by atoms with Crippen LogP contribution in [0.4, 0.5) is 0 Å². The van der Waals surface area contributed by atoms with E-state index in [-0.39, 0.29) is 5.75 Å². The third-order valence-corrected chi connectivity index (χ3v) is 8.69. The molecule has 0 spiro atoms. The fourth-order valence-corrected chi connectivity index (χ4v) is 6.32. The Morgan fingerprint density at radius 3 is 2.10 bits per heavy atom. The van der Waals surface area contributed by atoms with E-state index in [1.165, 1.54) is 42.7 Å². The topological polar surface area (TPSA) is 199 Å². The number of fused-ring (bicyclic) bond motifs is 1. The molecule has 2 unspecified atom stereocenters. The third-order valence-electron chi connectivity index (χ3n) is 7.51. The number of benzene rings is 3. The molecule has 4 aromatic rings. The van der Waals surface area contributed by atoms with E-state index < -0.39 is 34.3 Å². The highest BCUT2D eigenvalue weighted by atomic mass is 32.1. The van der Waals surface area contributed by atoms with Crippen molar-refractivity contribution in [3.63, 3.8) is 0 Å². The van der Waals surface area contributed by atoms with Crippen LogP contribution in [0, 0.1) is 20.2 Å². The minimum absolute atomic E-state index is 0.153. The van der Waals surface area contributed by atoms with E-state index in [1.807, 2.05) is 24.3 Å². The van der Waals surface area contributed by atoms with Crippen molar-refractivity contribution in [1.82, 2.24) is 4.90 Å². The first-order chi connectivity index (χ1) is 23.6. The standard InChI is InChI=1S/C32H31N3O13S/c1-43-21-7-5-20(6-8-21)30-27(45-23-11-9-22(10-12-23)44-18-17-33-15-3-2-4-16-33)25-14-13-24(19-26(25)49-30)46-32(38)29(48-35(41)42)28(31(36)37)47-34(39)40/h5-14,19,28-29H,2-4,15-18H2,1H3,(H,36,37). The molecule has 0 bridgehead atoms. The second-order valence-corrected chi connectivity index (χ2v) is 11.8. The van der Waals surface area contributed by atoms with Crippen LogP contribution in [-0.4, -0.2) is 77.7 Å². The Bertz CT molecular complexity index is 1790. The van der Waals surface area contributed by atoms with E-state index in [2.05, 4.69) is 14.6 Å². The van der Waals surface area contributed by atoms with Gasteiger partial charge in [0.15, 0.2) is 5.75 Å². The highest BCUT2D eigenvalue weighted by Gasteiger charge is 2.42. The average Bonchev–Trinajstić information content (AvgIpc) is 3.44. The molecule has 1 aromatic heterocycles. The molecule has 1 aliphatic rings. The number of hydrogen-bond donors (Lipinski definition) is 1. The predicted molar refractivity (Wildman–Crippen MR) is 173 cm³/mol. The van der Waals surface area contributed by atoms with Gasteiger partial charge < -0.3 is 24.1 Å². The Morgan fingerprint density at radius 1 is 0.857 bits per heavy atom. The highest BCUT2D eigenvalue weighted by molar-refractivity contribution is 7.22. The lowest BCUT2D eigenvalue weighted by atomic mass is 10.1. The summed E-state index contributed by atoms with van der Waals surface area (Å²) >= 11 is 1.28. The lowest BCUT2D eigenvalue weighted by Crippen LogP contribution is -2.47. The van der Waals surface area contributed by atoms with Gasteiger partial charge in [-0.2, -0.15) is 0 Å². The molecule has 258 valence electrons. The number of methoxy groups -OCH3 is 1. The summed E-state index contributed by atoms with van der Waals surface area (Å²) in [6, 6.07) is 18.8. The van der Waals surface area contributed by atoms with Crippen LogP contribution in [0.1, 0.15) is 19.3 Å². The highest BCUT2D eigenvalue weighted by Crippen LogP contribution is 2.47. The van der Waals surface area contributed by atoms with Gasteiger partial charge >= 0.3 is 11.9 Å².